The Labute approximate surface area is 166 Å². The van der Waals surface area contributed by atoms with E-state index in [1.807, 2.05) is 18.2 Å². The van der Waals surface area contributed by atoms with Crippen molar-refractivity contribution < 1.29 is 19.0 Å². The Bertz CT molecular complexity index is 804. The standard InChI is InChI=1S/C22H28N2O4/c1-15-9-11-24(12-10-15)18-8-6-5-7-17(18)23-22(25)16-13-19(26-2)21(28-4)20(14-16)27-3/h5-8,13-15H,9-12H2,1-4H3,(H,23,25). The van der Waals surface area contributed by atoms with Crippen LogP contribution in [0, 0.1) is 5.92 Å². The summed E-state index contributed by atoms with van der Waals surface area (Å²) in [4.78, 5) is 15.3. The molecular weight excluding hydrogens is 356 g/mol. The van der Waals surface area contributed by atoms with E-state index in [9.17, 15) is 4.79 Å². The number of hydrogen-bond donors (Lipinski definition) is 1. The van der Waals surface area contributed by atoms with Crippen LogP contribution in [0.25, 0.3) is 0 Å². The molecule has 0 unspecified atom stereocenters. The largest absolute Gasteiger partial charge is 0.493 e. The zero-order valence-electron chi connectivity index (χ0n) is 17.0. The van der Waals surface area contributed by atoms with Crippen molar-refractivity contribution >= 4 is 17.3 Å². The summed E-state index contributed by atoms with van der Waals surface area (Å²) in [5, 5.41) is 3.04. The summed E-state index contributed by atoms with van der Waals surface area (Å²) in [6.07, 6.45) is 2.32. The van der Waals surface area contributed by atoms with Crippen LogP contribution in [0.4, 0.5) is 11.4 Å². The van der Waals surface area contributed by atoms with E-state index >= 15 is 0 Å². The number of carbonyl (C=O) groups is 1. The average molecular weight is 384 g/mol. The summed E-state index contributed by atoms with van der Waals surface area (Å²) in [7, 11) is 4.60. The summed E-state index contributed by atoms with van der Waals surface area (Å²) < 4.78 is 16.0. The van der Waals surface area contributed by atoms with Crippen LogP contribution in [-0.4, -0.2) is 40.3 Å². The maximum absolute atomic E-state index is 13.0. The van der Waals surface area contributed by atoms with Gasteiger partial charge in [0.2, 0.25) is 5.75 Å². The highest BCUT2D eigenvalue weighted by Gasteiger charge is 2.21. The molecule has 3 rings (SSSR count). The van der Waals surface area contributed by atoms with E-state index in [0.29, 0.717) is 22.8 Å². The highest BCUT2D eigenvalue weighted by Crippen LogP contribution is 2.38. The lowest BCUT2D eigenvalue weighted by Crippen LogP contribution is -2.33. The minimum Gasteiger partial charge on any atom is -0.493 e. The topological polar surface area (TPSA) is 60.0 Å². The van der Waals surface area contributed by atoms with Gasteiger partial charge in [0.25, 0.3) is 5.91 Å². The highest BCUT2D eigenvalue weighted by atomic mass is 16.5. The van der Waals surface area contributed by atoms with Gasteiger partial charge in [0.1, 0.15) is 0 Å². The van der Waals surface area contributed by atoms with Gasteiger partial charge in [0.15, 0.2) is 11.5 Å². The van der Waals surface area contributed by atoms with Gasteiger partial charge in [-0.2, -0.15) is 0 Å². The molecule has 0 radical (unpaired) electrons. The number of piperidine rings is 1. The second-order valence-corrected chi connectivity index (χ2v) is 7.05. The van der Waals surface area contributed by atoms with Gasteiger partial charge in [-0.1, -0.05) is 19.1 Å². The lowest BCUT2D eigenvalue weighted by molar-refractivity contribution is 0.102. The molecular formula is C22H28N2O4. The molecule has 150 valence electrons. The summed E-state index contributed by atoms with van der Waals surface area (Å²) in [6, 6.07) is 11.2. The molecule has 1 N–H and O–H groups in total. The lowest BCUT2D eigenvalue weighted by Gasteiger charge is -2.33. The summed E-state index contributed by atoms with van der Waals surface area (Å²) in [5.41, 5.74) is 2.29. The third kappa shape index (κ3) is 4.16. The molecule has 28 heavy (non-hydrogen) atoms. The summed E-state index contributed by atoms with van der Waals surface area (Å²) in [5.74, 6) is 1.88. The van der Waals surface area contributed by atoms with E-state index in [-0.39, 0.29) is 5.91 Å². The molecule has 0 bridgehead atoms. The fraction of sp³-hybridized carbons (Fsp3) is 0.409. The second-order valence-electron chi connectivity index (χ2n) is 7.05. The minimum atomic E-state index is -0.225. The third-order valence-corrected chi connectivity index (χ3v) is 5.20. The van der Waals surface area contributed by atoms with Crippen LogP contribution < -0.4 is 24.4 Å². The molecule has 0 saturated carbocycles. The van der Waals surface area contributed by atoms with Crippen molar-refractivity contribution in [1.29, 1.82) is 0 Å². The number of para-hydroxylation sites is 2. The number of methoxy groups -OCH3 is 3. The highest BCUT2D eigenvalue weighted by molar-refractivity contribution is 6.06. The van der Waals surface area contributed by atoms with Gasteiger partial charge in [-0.25, -0.2) is 0 Å². The van der Waals surface area contributed by atoms with Gasteiger partial charge < -0.3 is 24.4 Å². The van der Waals surface area contributed by atoms with Crippen LogP contribution in [0.2, 0.25) is 0 Å². The van der Waals surface area contributed by atoms with Gasteiger partial charge in [0, 0.05) is 18.7 Å². The first kappa shape index (κ1) is 19.9. The van der Waals surface area contributed by atoms with E-state index in [1.54, 1.807) is 12.1 Å². The number of anilines is 2. The summed E-state index contributed by atoms with van der Waals surface area (Å²) in [6.45, 7) is 4.28. The molecule has 1 fully saturated rings. The molecule has 6 heteroatoms. The zero-order valence-corrected chi connectivity index (χ0v) is 17.0. The van der Waals surface area contributed by atoms with Crippen LogP contribution in [0.15, 0.2) is 36.4 Å². The van der Waals surface area contributed by atoms with E-state index in [2.05, 4.69) is 23.2 Å². The fourth-order valence-electron chi connectivity index (χ4n) is 3.51. The SMILES string of the molecule is COc1cc(C(=O)Nc2ccccc2N2CCC(C)CC2)cc(OC)c1OC. The van der Waals surface area contributed by atoms with E-state index in [1.165, 1.54) is 21.3 Å². The first-order valence-corrected chi connectivity index (χ1v) is 9.52. The molecule has 0 spiro atoms. The van der Waals surface area contributed by atoms with Crippen molar-refractivity contribution in [3.05, 3.63) is 42.0 Å². The molecule has 1 aliphatic heterocycles. The zero-order chi connectivity index (χ0) is 20.1. The predicted molar refractivity (Wildman–Crippen MR) is 111 cm³/mol. The van der Waals surface area contributed by atoms with Crippen molar-refractivity contribution in [3.63, 3.8) is 0 Å². The van der Waals surface area contributed by atoms with Crippen LogP contribution in [0.3, 0.4) is 0 Å². The molecule has 1 aliphatic rings. The van der Waals surface area contributed by atoms with Gasteiger partial charge in [-0.3, -0.25) is 4.79 Å². The van der Waals surface area contributed by atoms with Crippen molar-refractivity contribution in [2.75, 3.05) is 44.6 Å². The second kappa shape index (κ2) is 8.87. The quantitative estimate of drug-likeness (QED) is 0.809. The normalized spacial score (nSPS) is 14.5. The van der Waals surface area contributed by atoms with Crippen LogP contribution in [0.1, 0.15) is 30.1 Å². The smallest absolute Gasteiger partial charge is 0.255 e. The number of carbonyl (C=O) groups excluding carboxylic acids is 1. The van der Waals surface area contributed by atoms with Crippen LogP contribution in [0.5, 0.6) is 17.2 Å². The molecule has 0 atom stereocenters. The number of ether oxygens (including phenoxy) is 3. The Hall–Kier alpha value is -2.89. The van der Waals surface area contributed by atoms with E-state index in [4.69, 9.17) is 14.2 Å². The molecule has 0 aliphatic carbocycles. The maximum Gasteiger partial charge on any atom is 0.255 e. The molecule has 1 amide bonds. The molecule has 1 heterocycles. The van der Waals surface area contributed by atoms with Gasteiger partial charge in [-0.15, -0.1) is 0 Å². The maximum atomic E-state index is 13.0. The monoisotopic (exact) mass is 384 g/mol. The number of rotatable bonds is 6. The van der Waals surface area contributed by atoms with E-state index < -0.39 is 0 Å². The van der Waals surface area contributed by atoms with E-state index in [0.717, 1.165) is 43.2 Å². The minimum absolute atomic E-state index is 0.225. The third-order valence-electron chi connectivity index (χ3n) is 5.20. The molecule has 6 nitrogen and oxygen atoms in total. The van der Waals surface area contributed by atoms with Crippen molar-refractivity contribution in [1.82, 2.24) is 0 Å². The Morgan fingerprint density at radius 2 is 1.61 bits per heavy atom. The number of amides is 1. The predicted octanol–water partition coefficient (Wildman–Crippen LogP) is 4.20. The lowest BCUT2D eigenvalue weighted by atomic mass is 9.98. The fourth-order valence-corrected chi connectivity index (χ4v) is 3.51. The Morgan fingerprint density at radius 1 is 1.00 bits per heavy atom. The van der Waals surface area contributed by atoms with Crippen LogP contribution in [-0.2, 0) is 0 Å². The summed E-state index contributed by atoms with van der Waals surface area (Å²) >= 11 is 0. The van der Waals surface area contributed by atoms with Gasteiger partial charge in [0.05, 0.1) is 32.7 Å². The van der Waals surface area contributed by atoms with Crippen LogP contribution >= 0.6 is 0 Å². The number of benzene rings is 2. The first-order chi connectivity index (χ1) is 13.6. The van der Waals surface area contributed by atoms with Crippen molar-refractivity contribution in [2.45, 2.75) is 19.8 Å². The molecule has 2 aromatic carbocycles. The molecule has 1 saturated heterocycles. The number of nitrogens with one attached hydrogen (secondary N) is 1. The van der Waals surface area contributed by atoms with Gasteiger partial charge >= 0.3 is 0 Å². The number of nitrogens with zero attached hydrogens (tertiary/aromatic N) is 1. The van der Waals surface area contributed by atoms with Crippen molar-refractivity contribution in [3.8, 4) is 17.2 Å². The first-order valence-electron chi connectivity index (χ1n) is 9.52. The van der Waals surface area contributed by atoms with Crippen molar-refractivity contribution in [2.24, 2.45) is 5.92 Å². The van der Waals surface area contributed by atoms with Gasteiger partial charge in [-0.05, 0) is 43.0 Å². The molecule has 0 aromatic heterocycles. The average Bonchev–Trinajstić information content (AvgIpc) is 2.73. The Balaban J connectivity index is 1.86. The number of hydrogen-bond acceptors (Lipinski definition) is 5. The molecule has 2 aromatic rings. The Morgan fingerprint density at radius 3 is 2.18 bits per heavy atom. The Kier molecular flexibility index (Phi) is 6.29.